The van der Waals surface area contributed by atoms with Crippen LogP contribution in [0.15, 0.2) is 12.3 Å². The number of rotatable bonds is 2. The minimum absolute atomic E-state index is 0.375. The number of nitrogens with one attached hydrogen (secondary N) is 1. The predicted octanol–water partition coefficient (Wildman–Crippen LogP) is 2.10. The smallest absolute Gasteiger partial charge is 0.145 e. The zero-order valence-electron chi connectivity index (χ0n) is 11.8. The average Bonchev–Trinajstić information content (AvgIpc) is 2.49. The fourth-order valence-electron chi connectivity index (χ4n) is 3.16. The Hall–Kier alpha value is -1.00. The third kappa shape index (κ3) is 3.12. The molecule has 2 fully saturated rings. The topological polar surface area (TPSA) is 41.1 Å². The minimum Gasteiger partial charge on any atom is -0.307 e. The summed E-state index contributed by atoms with van der Waals surface area (Å²) in [5, 5.41) is 3.54. The molecule has 1 N–H and O–H groups in total. The van der Waals surface area contributed by atoms with Crippen LogP contribution >= 0.6 is 0 Å². The molecule has 4 heteroatoms. The number of hydrogen-bond acceptors (Lipinski definition) is 4. The molecule has 1 unspecified atom stereocenters. The SMILES string of the molecule is CN1CCC(c2ccnc(C3CCCCN3)n2)CC1. The number of aromatic nitrogens is 2. The maximum atomic E-state index is 4.85. The molecule has 1 atom stereocenters. The molecule has 0 radical (unpaired) electrons. The van der Waals surface area contributed by atoms with E-state index in [-0.39, 0.29) is 0 Å². The highest BCUT2D eigenvalue weighted by atomic mass is 15.1. The van der Waals surface area contributed by atoms with E-state index in [0.717, 1.165) is 12.4 Å². The Kier molecular flexibility index (Phi) is 4.09. The molecule has 2 saturated heterocycles. The lowest BCUT2D eigenvalue weighted by atomic mass is 9.93. The highest BCUT2D eigenvalue weighted by Crippen LogP contribution is 2.27. The van der Waals surface area contributed by atoms with Crippen molar-refractivity contribution in [3.05, 3.63) is 23.8 Å². The van der Waals surface area contributed by atoms with Crippen molar-refractivity contribution in [2.45, 2.75) is 44.1 Å². The standard InChI is InChI=1S/C15H24N4/c1-19-10-6-12(7-11-19)13-5-9-17-15(18-13)14-4-2-3-8-16-14/h5,9,12,14,16H,2-4,6-8,10-11H2,1H3. The second-order valence-electron chi connectivity index (χ2n) is 5.92. The zero-order valence-corrected chi connectivity index (χ0v) is 11.8. The van der Waals surface area contributed by atoms with Crippen molar-refractivity contribution in [3.8, 4) is 0 Å². The highest BCUT2D eigenvalue weighted by molar-refractivity contribution is 5.11. The molecular formula is C15H24N4. The molecule has 2 aliphatic rings. The Labute approximate surface area is 115 Å². The second kappa shape index (κ2) is 5.97. The van der Waals surface area contributed by atoms with Gasteiger partial charge in [0.2, 0.25) is 0 Å². The monoisotopic (exact) mass is 260 g/mol. The van der Waals surface area contributed by atoms with Gasteiger partial charge in [-0.05, 0) is 58.4 Å². The van der Waals surface area contributed by atoms with E-state index in [4.69, 9.17) is 4.98 Å². The van der Waals surface area contributed by atoms with Gasteiger partial charge in [-0.3, -0.25) is 0 Å². The van der Waals surface area contributed by atoms with E-state index < -0.39 is 0 Å². The maximum Gasteiger partial charge on any atom is 0.145 e. The Morgan fingerprint density at radius 2 is 2.05 bits per heavy atom. The highest BCUT2D eigenvalue weighted by Gasteiger charge is 2.22. The first kappa shape index (κ1) is 13.0. The van der Waals surface area contributed by atoms with Crippen molar-refractivity contribution in [3.63, 3.8) is 0 Å². The summed E-state index contributed by atoms with van der Waals surface area (Å²) in [5.41, 5.74) is 1.26. The summed E-state index contributed by atoms with van der Waals surface area (Å²) in [6.07, 6.45) is 8.16. The lowest BCUT2D eigenvalue weighted by Gasteiger charge is -2.29. The normalized spacial score (nSPS) is 26.5. The van der Waals surface area contributed by atoms with Crippen LogP contribution < -0.4 is 5.32 Å². The predicted molar refractivity (Wildman–Crippen MR) is 76.1 cm³/mol. The Balaban J connectivity index is 1.72. The summed E-state index contributed by atoms with van der Waals surface area (Å²) in [4.78, 5) is 11.7. The third-order valence-electron chi connectivity index (χ3n) is 4.45. The van der Waals surface area contributed by atoms with Gasteiger partial charge in [0.1, 0.15) is 5.82 Å². The molecule has 0 spiro atoms. The van der Waals surface area contributed by atoms with Gasteiger partial charge >= 0.3 is 0 Å². The first-order chi connectivity index (χ1) is 9.33. The van der Waals surface area contributed by atoms with Crippen LogP contribution in [-0.2, 0) is 0 Å². The molecule has 2 aliphatic heterocycles. The van der Waals surface area contributed by atoms with Gasteiger partial charge in [0, 0.05) is 17.8 Å². The van der Waals surface area contributed by atoms with Gasteiger partial charge in [0.25, 0.3) is 0 Å². The van der Waals surface area contributed by atoms with E-state index in [0.29, 0.717) is 12.0 Å². The molecular weight excluding hydrogens is 236 g/mol. The number of piperidine rings is 2. The Bertz CT molecular complexity index is 406. The molecule has 0 aliphatic carbocycles. The molecule has 19 heavy (non-hydrogen) atoms. The van der Waals surface area contributed by atoms with Crippen LogP contribution in [0, 0.1) is 0 Å². The molecule has 3 rings (SSSR count). The molecule has 104 valence electrons. The van der Waals surface area contributed by atoms with Gasteiger partial charge in [-0.25, -0.2) is 9.97 Å². The maximum absolute atomic E-state index is 4.85. The first-order valence-electron chi connectivity index (χ1n) is 7.58. The quantitative estimate of drug-likeness (QED) is 0.884. The largest absolute Gasteiger partial charge is 0.307 e. The van der Waals surface area contributed by atoms with Crippen LogP contribution in [0.1, 0.15) is 55.6 Å². The van der Waals surface area contributed by atoms with Crippen LogP contribution in [0.2, 0.25) is 0 Å². The Morgan fingerprint density at radius 3 is 2.79 bits per heavy atom. The number of likely N-dealkylation sites (tertiary alicyclic amines) is 1. The summed E-state index contributed by atoms with van der Waals surface area (Å²) in [7, 11) is 2.20. The van der Waals surface area contributed by atoms with Gasteiger partial charge in [-0.2, -0.15) is 0 Å². The van der Waals surface area contributed by atoms with Crippen LogP contribution in [0.5, 0.6) is 0 Å². The molecule has 0 aromatic carbocycles. The van der Waals surface area contributed by atoms with Crippen molar-refractivity contribution < 1.29 is 0 Å². The summed E-state index contributed by atoms with van der Waals surface area (Å²) in [6.45, 7) is 3.48. The van der Waals surface area contributed by atoms with Crippen LogP contribution in [0.4, 0.5) is 0 Å². The number of nitrogens with zero attached hydrogens (tertiary/aromatic N) is 3. The molecule has 0 saturated carbocycles. The van der Waals surface area contributed by atoms with Crippen LogP contribution in [-0.4, -0.2) is 41.5 Å². The van der Waals surface area contributed by atoms with Crippen molar-refractivity contribution in [1.29, 1.82) is 0 Å². The van der Waals surface area contributed by atoms with Gasteiger partial charge in [-0.15, -0.1) is 0 Å². The molecule has 0 amide bonds. The zero-order chi connectivity index (χ0) is 13.1. The molecule has 0 bridgehead atoms. The molecule has 3 heterocycles. The second-order valence-corrected chi connectivity index (χ2v) is 5.92. The van der Waals surface area contributed by atoms with E-state index in [1.807, 2.05) is 6.20 Å². The van der Waals surface area contributed by atoms with Crippen LogP contribution in [0.25, 0.3) is 0 Å². The average molecular weight is 260 g/mol. The molecule has 1 aromatic rings. The minimum atomic E-state index is 0.375. The lowest BCUT2D eigenvalue weighted by Crippen LogP contribution is -2.31. The van der Waals surface area contributed by atoms with E-state index >= 15 is 0 Å². The fourth-order valence-corrected chi connectivity index (χ4v) is 3.16. The Morgan fingerprint density at radius 1 is 1.21 bits per heavy atom. The van der Waals surface area contributed by atoms with E-state index in [1.54, 1.807) is 0 Å². The van der Waals surface area contributed by atoms with E-state index in [1.165, 1.54) is 50.9 Å². The fraction of sp³-hybridized carbons (Fsp3) is 0.733. The van der Waals surface area contributed by atoms with Gasteiger partial charge in [-0.1, -0.05) is 6.42 Å². The van der Waals surface area contributed by atoms with Crippen LogP contribution in [0.3, 0.4) is 0 Å². The van der Waals surface area contributed by atoms with Crippen molar-refractivity contribution in [1.82, 2.24) is 20.2 Å². The van der Waals surface area contributed by atoms with E-state index in [2.05, 4.69) is 28.3 Å². The van der Waals surface area contributed by atoms with Crippen molar-refractivity contribution in [2.75, 3.05) is 26.7 Å². The van der Waals surface area contributed by atoms with Gasteiger partial charge in [0.15, 0.2) is 0 Å². The summed E-state index contributed by atoms with van der Waals surface area (Å²) >= 11 is 0. The lowest BCUT2D eigenvalue weighted by molar-refractivity contribution is 0.253. The van der Waals surface area contributed by atoms with Gasteiger partial charge in [0.05, 0.1) is 6.04 Å². The number of hydrogen-bond donors (Lipinski definition) is 1. The first-order valence-corrected chi connectivity index (χ1v) is 7.58. The van der Waals surface area contributed by atoms with Crippen molar-refractivity contribution >= 4 is 0 Å². The van der Waals surface area contributed by atoms with Gasteiger partial charge < -0.3 is 10.2 Å². The van der Waals surface area contributed by atoms with Crippen molar-refractivity contribution in [2.24, 2.45) is 0 Å². The summed E-state index contributed by atoms with van der Waals surface area (Å²) in [6, 6.07) is 2.49. The summed E-state index contributed by atoms with van der Waals surface area (Å²) < 4.78 is 0. The summed E-state index contributed by atoms with van der Waals surface area (Å²) in [5.74, 6) is 1.64. The molecule has 4 nitrogen and oxygen atoms in total. The third-order valence-corrected chi connectivity index (χ3v) is 4.45. The molecule has 1 aromatic heterocycles. The van der Waals surface area contributed by atoms with E-state index in [9.17, 15) is 0 Å².